The number of hydrogen-bond acceptors (Lipinski definition) is 1. The minimum Gasteiger partial charge on any atom is -0.237 e. The lowest BCUT2D eigenvalue weighted by Crippen LogP contribution is -2.25. The minimum atomic E-state index is -1.25. The summed E-state index contributed by atoms with van der Waals surface area (Å²) in [5, 5.41) is 0. The smallest absolute Gasteiger partial charge is 0.125 e. The molecule has 3 aromatic carbocycles. The predicted molar refractivity (Wildman–Crippen MR) is 100 cm³/mol. The van der Waals surface area contributed by atoms with Crippen LogP contribution in [0, 0.1) is 6.92 Å². The van der Waals surface area contributed by atoms with Gasteiger partial charge in [0.15, 0.2) is 0 Å². The fourth-order valence-electron chi connectivity index (χ4n) is 2.62. The summed E-state index contributed by atoms with van der Waals surface area (Å²) in [6.07, 6.45) is 0.794. The first-order valence-electron chi connectivity index (χ1n) is 8.06. The highest BCUT2D eigenvalue weighted by molar-refractivity contribution is 7.83. The van der Waals surface area contributed by atoms with E-state index in [4.69, 9.17) is 0 Å². The molecule has 0 aromatic heterocycles. The van der Waals surface area contributed by atoms with Gasteiger partial charge in [0.2, 0.25) is 0 Å². The Morgan fingerprint density at radius 3 is 2.04 bits per heavy atom. The topological polar surface area (TPSA) is 29.1 Å². The van der Waals surface area contributed by atoms with E-state index >= 15 is 0 Å². The van der Waals surface area contributed by atoms with Crippen LogP contribution < -0.4 is 4.72 Å². The molecule has 0 amide bonds. The standard InChI is InChI=1S/C21H21NOS/c1-17-12-14-20(15-13-17)24(23)22-21(19-10-6-3-7-11-19)16-18-8-4-2-5-9-18/h2-15,21-22H,16H2,1H3/t21-,24-/m1/s1. The van der Waals surface area contributed by atoms with Crippen molar-refractivity contribution in [3.05, 3.63) is 102 Å². The summed E-state index contributed by atoms with van der Waals surface area (Å²) in [4.78, 5) is 0.801. The summed E-state index contributed by atoms with van der Waals surface area (Å²) in [5.41, 5.74) is 3.53. The van der Waals surface area contributed by atoms with Crippen LogP contribution >= 0.6 is 0 Å². The molecule has 0 aliphatic rings. The molecular formula is C21H21NOS. The van der Waals surface area contributed by atoms with E-state index in [9.17, 15) is 4.21 Å². The Balaban J connectivity index is 1.82. The number of hydrogen-bond donors (Lipinski definition) is 1. The highest BCUT2D eigenvalue weighted by Gasteiger charge is 2.16. The van der Waals surface area contributed by atoms with Crippen LogP contribution in [-0.4, -0.2) is 4.21 Å². The maximum Gasteiger partial charge on any atom is 0.125 e. The van der Waals surface area contributed by atoms with E-state index in [1.54, 1.807) is 0 Å². The maximum atomic E-state index is 12.7. The largest absolute Gasteiger partial charge is 0.237 e. The third-order valence-corrected chi connectivity index (χ3v) is 5.17. The van der Waals surface area contributed by atoms with Crippen LogP contribution in [0.3, 0.4) is 0 Å². The average Bonchev–Trinajstić information content (AvgIpc) is 2.63. The summed E-state index contributed by atoms with van der Waals surface area (Å²) in [6.45, 7) is 2.03. The Morgan fingerprint density at radius 1 is 0.833 bits per heavy atom. The molecule has 2 atom stereocenters. The predicted octanol–water partition coefficient (Wildman–Crippen LogP) is 4.59. The van der Waals surface area contributed by atoms with Gasteiger partial charge in [-0.05, 0) is 36.6 Å². The molecule has 0 bridgehead atoms. The highest BCUT2D eigenvalue weighted by atomic mass is 32.2. The van der Waals surface area contributed by atoms with Crippen molar-refractivity contribution >= 4 is 11.0 Å². The SMILES string of the molecule is Cc1ccc([S@@](=O)N[C@H](Cc2ccccc2)c2ccccc2)cc1. The van der Waals surface area contributed by atoms with Crippen LogP contribution in [0.15, 0.2) is 89.8 Å². The molecule has 0 spiro atoms. The second-order valence-corrected chi connectivity index (χ2v) is 7.10. The first-order valence-corrected chi connectivity index (χ1v) is 9.21. The first-order chi connectivity index (χ1) is 11.7. The molecule has 0 unspecified atom stereocenters. The molecule has 0 saturated heterocycles. The number of aryl methyl sites for hydroxylation is 1. The van der Waals surface area contributed by atoms with Crippen molar-refractivity contribution in [2.24, 2.45) is 0 Å². The molecule has 0 aliphatic heterocycles. The molecule has 122 valence electrons. The van der Waals surface area contributed by atoms with Gasteiger partial charge >= 0.3 is 0 Å². The van der Waals surface area contributed by atoms with E-state index < -0.39 is 11.0 Å². The maximum absolute atomic E-state index is 12.7. The summed E-state index contributed by atoms with van der Waals surface area (Å²) in [7, 11) is -1.25. The van der Waals surface area contributed by atoms with Gasteiger partial charge in [0.1, 0.15) is 11.0 Å². The molecule has 2 nitrogen and oxygen atoms in total. The normalized spacial score (nSPS) is 13.4. The quantitative estimate of drug-likeness (QED) is 0.701. The number of rotatable bonds is 6. The molecule has 3 aromatic rings. The van der Waals surface area contributed by atoms with Crippen molar-refractivity contribution in [3.63, 3.8) is 0 Å². The fourth-order valence-corrected chi connectivity index (χ4v) is 3.62. The molecule has 24 heavy (non-hydrogen) atoms. The Bertz CT molecular complexity index is 785. The lowest BCUT2D eigenvalue weighted by Gasteiger charge is -2.19. The molecule has 0 fully saturated rings. The monoisotopic (exact) mass is 335 g/mol. The summed E-state index contributed by atoms with van der Waals surface area (Å²) in [6, 6.07) is 28.3. The van der Waals surface area contributed by atoms with E-state index in [0.717, 1.165) is 16.9 Å². The zero-order valence-electron chi connectivity index (χ0n) is 13.7. The van der Waals surface area contributed by atoms with Gasteiger partial charge in [0, 0.05) is 6.04 Å². The molecule has 0 radical (unpaired) electrons. The van der Waals surface area contributed by atoms with Crippen LogP contribution in [0.25, 0.3) is 0 Å². The van der Waals surface area contributed by atoms with E-state index in [1.165, 1.54) is 11.1 Å². The van der Waals surface area contributed by atoms with Crippen LogP contribution in [0.1, 0.15) is 22.7 Å². The molecule has 0 aliphatic carbocycles. The molecule has 3 rings (SSSR count). The van der Waals surface area contributed by atoms with Crippen molar-refractivity contribution in [2.75, 3.05) is 0 Å². The van der Waals surface area contributed by atoms with E-state index in [1.807, 2.05) is 67.6 Å². The van der Waals surface area contributed by atoms with E-state index in [0.29, 0.717) is 0 Å². The molecule has 0 heterocycles. The van der Waals surface area contributed by atoms with Gasteiger partial charge in [-0.3, -0.25) is 0 Å². The Morgan fingerprint density at radius 2 is 1.42 bits per heavy atom. The third-order valence-electron chi connectivity index (χ3n) is 3.97. The van der Waals surface area contributed by atoms with Gasteiger partial charge in [-0.1, -0.05) is 78.4 Å². The Labute approximate surface area is 146 Å². The number of benzene rings is 3. The summed E-state index contributed by atoms with van der Waals surface area (Å²) in [5.74, 6) is 0. The summed E-state index contributed by atoms with van der Waals surface area (Å²) < 4.78 is 16.0. The van der Waals surface area contributed by atoms with Crippen molar-refractivity contribution in [3.8, 4) is 0 Å². The minimum absolute atomic E-state index is 0.00395. The first kappa shape index (κ1) is 16.6. The van der Waals surface area contributed by atoms with Gasteiger partial charge in [-0.2, -0.15) is 0 Å². The lowest BCUT2D eigenvalue weighted by atomic mass is 10.00. The van der Waals surface area contributed by atoms with Crippen molar-refractivity contribution < 1.29 is 4.21 Å². The van der Waals surface area contributed by atoms with Gasteiger partial charge in [0.05, 0.1) is 4.90 Å². The van der Waals surface area contributed by atoms with Crippen LogP contribution in [0.5, 0.6) is 0 Å². The third kappa shape index (κ3) is 4.40. The van der Waals surface area contributed by atoms with Crippen LogP contribution in [0.2, 0.25) is 0 Å². The zero-order valence-corrected chi connectivity index (χ0v) is 14.5. The summed E-state index contributed by atoms with van der Waals surface area (Å²) >= 11 is 0. The average molecular weight is 335 g/mol. The fraction of sp³-hybridized carbons (Fsp3) is 0.143. The van der Waals surface area contributed by atoms with Gasteiger partial charge in [-0.25, -0.2) is 8.93 Å². The number of nitrogens with one attached hydrogen (secondary N) is 1. The second kappa shape index (κ2) is 8.04. The van der Waals surface area contributed by atoms with Crippen molar-refractivity contribution in [1.82, 2.24) is 4.72 Å². The molecular weight excluding hydrogens is 314 g/mol. The second-order valence-electron chi connectivity index (χ2n) is 5.85. The zero-order chi connectivity index (χ0) is 16.8. The van der Waals surface area contributed by atoms with E-state index in [2.05, 4.69) is 29.0 Å². The lowest BCUT2D eigenvalue weighted by molar-refractivity contribution is 0.624. The Hall–Kier alpha value is -2.23. The van der Waals surface area contributed by atoms with Gasteiger partial charge < -0.3 is 0 Å². The highest BCUT2D eigenvalue weighted by Crippen LogP contribution is 2.20. The van der Waals surface area contributed by atoms with Gasteiger partial charge in [-0.15, -0.1) is 0 Å². The Kier molecular flexibility index (Phi) is 5.57. The van der Waals surface area contributed by atoms with Crippen LogP contribution in [-0.2, 0) is 17.4 Å². The molecule has 1 N–H and O–H groups in total. The van der Waals surface area contributed by atoms with E-state index in [-0.39, 0.29) is 6.04 Å². The molecule has 3 heteroatoms. The van der Waals surface area contributed by atoms with Gasteiger partial charge in [0.25, 0.3) is 0 Å². The van der Waals surface area contributed by atoms with Crippen LogP contribution in [0.4, 0.5) is 0 Å². The van der Waals surface area contributed by atoms with Crippen molar-refractivity contribution in [2.45, 2.75) is 24.3 Å². The molecule has 0 saturated carbocycles. The van der Waals surface area contributed by atoms with Crippen molar-refractivity contribution in [1.29, 1.82) is 0 Å².